The number of hydrogen-bond acceptors (Lipinski definition) is 1. The second kappa shape index (κ2) is 9.59. The Kier molecular flexibility index (Phi) is 8.14. The number of benzene rings is 2. The monoisotopic (exact) mass is 467 g/mol. The van der Waals surface area contributed by atoms with Crippen LogP contribution in [0.2, 0.25) is 0 Å². The van der Waals surface area contributed by atoms with Crippen LogP contribution in [-0.2, 0) is 19.3 Å². The largest absolute Gasteiger partial charge is 0.416 e. The molecule has 0 spiro atoms. The van der Waals surface area contributed by atoms with E-state index in [1.54, 1.807) is 25.2 Å². The third-order valence-electron chi connectivity index (χ3n) is 3.31. The zero-order chi connectivity index (χ0) is 17.6. The zero-order valence-electron chi connectivity index (χ0n) is 13.4. The highest BCUT2D eigenvalue weighted by Gasteiger charge is 2.30. The van der Waals surface area contributed by atoms with Crippen molar-refractivity contribution in [3.8, 4) is 0 Å². The normalized spacial score (nSPS) is 11.6. The average molecular weight is 467 g/mol. The molecule has 0 saturated carbocycles. The summed E-state index contributed by atoms with van der Waals surface area (Å²) in [6.45, 7) is 0.621. The van der Waals surface area contributed by atoms with Gasteiger partial charge >= 0.3 is 6.18 Å². The molecule has 0 aliphatic carbocycles. The molecule has 2 aromatic rings. The van der Waals surface area contributed by atoms with E-state index >= 15 is 0 Å². The van der Waals surface area contributed by atoms with Gasteiger partial charge in [0.25, 0.3) is 0 Å². The average Bonchev–Trinajstić information content (AvgIpc) is 2.56. The maximum absolute atomic E-state index is 12.8. The maximum atomic E-state index is 12.8. The lowest BCUT2D eigenvalue weighted by molar-refractivity contribution is -0.137. The van der Waals surface area contributed by atoms with Crippen LogP contribution in [0.5, 0.6) is 0 Å². The Balaban J connectivity index is 0.00000312. The van der Waals surface area contributed by atoms with Crippen molar-refractivity contribution in [2.45, 2.75) is 19.3 Å². The lowest BCUT2D eigenvalue weighted by Gasteiger charge is -2.13. The predicted octanol–water partition coefficient (Wildman–Crippen LogP) is 4.33. The molecule has 0 saturated heterocycles. The Morgan fingerprint density at radius 1 is 0.960 bits per heavy atom. The van der Waals surface area contributed by atoms with Gasteiger partial charge in [-0.3, -0.25) is 4.99 Å². The van der Waals surface area contributed by atoms with Crippen molar-refractivity contribution >= 4 is 29.9 Å². The van der Waals surface area contributed by atoms with Crippen molar-refractivity contribution in [1.82, 2.24) is 10.6 Å². The molecule has 2 N–H and O–H groups in total. The first-order valence-corrected chi connectivity index (χ1v) is 7.23. The van der Waals surface area contributed by atoms with Gasteiger partial charge in [-0.05, 0) is 35.4 Å². The van der Waals surface area contributed by atoms with Gasteiger partial charge in [-0.1, -0.05) is 24.3 Å². The Labute approximate surface area is 160 Å². The molecule has 0 aromatic heterocycles. The van der Waals surface area contributed by atoms with Gasteiger partial charge in [0, 0.05) is 20.1 Å². The van der Waals surface area contributed by atoms with Crippen molar-refractivity contribution < 1.29 is 17.6 Å². The van der Waals surface area contributed by atoms with Gasteiger partial charge in [0.05, 0.1) is 5.56 Å². The van der Waals surface area contributed by atoms with Gasteiger partial charge in [0.15, 0.2) is 5.96 Å². The van der Waals surface area contributed by atoms with Gasteiger partial charge in [-0.2, -0.15) is 13.2 Å². The van der Waals surface area contributed by atoms with E-state index in [9.17, 15) is 17.6 Å². The second-order valence-electron chi connectivity index (χ2n) is 5.10. The summed E-state index contributed by atoms with van der Waals surface area (Å²) in [5.41, 5.74) is 0.670. The summed E-state index contributed by atoms with van der Waals surface area (Å²) in [6, 6.07) is 11.1. The van der Waals surface area contributed by atoms with Crippen LogP contribution in [0, 0.1) is 5.82 Å². The van der Waals surface area contributed by atoms with Crippen molar-refractivity contribution in [2.24, 2.45) is 4.99 Å². The lowest BCUT2D eigenvalue weighted by Crippen LogP contribution is -2.36. The van der Waals surface area contributed by atoms with E-state index in [1.165, 1.54) is 18.2 Å². The highest BCUT2D eigenvalue weighted by molar-refractivity contribution is 14.0. The van der Waals surface area contributed by atoms with E-state index in [-0.39, 0.29) is 36.3 Å². The molecule has 0 bridgehead atoms. The molecule has 3 nitrogen and oxygen atoms in total. The van der Waals surface area contributed by atoms with Gasteiger partial charge in [0.2, 0.25) is 0 Å². The van der Waals surface area contributed by atoms with Crippen LogP contribution in [0.1, 0.15) is 16.7 Å². The van der Waals surface area contributed by atoms with E-state index in [2.05, 4.69) is 15.6 Å². The first kappa shape index (κ1) is 21.2. The number of alkyl halides is 3. The number of rotatable bonds is 4. The fourth-order valence-electron chi connectivity index (χ4n) is 2.05. The molecule has 2 aromatic carbocycles. The van der Waals surface area contributed by atoms with Crippen LogP contribution in [-0.4, -0.2) is 13.0 Å². The Morgan fingerprint density at radius 2 is 1.56 bits per heavy atom. The van der Waals surface area contributed by atoms with Crippen molar-refractivity contribution in [2.75, 3.05) is 7.05 Å². The van der Waals surface area contributed by atoms with Gasteiger partial charge in [0.1, 0.15) is 5.82 Å². The minimum atomic E-state index is -4.36. The standard InChI is InChI=1S/C17H17F4N3.HI/c1-22-16(23-10-12-5-7-15(18)8-6-12)24-11-13-3-2-4-14(9-13)17(19,20)21;/h2-9H,10-11H2,1H3,(H2,22,23,24);1H. The fourth-order valence-corrected chi connectivity index (χ4v) is 2.05. The molecule has 0 atom stereocenters. The topological polar surface area (TPSA) is 36.4 Å². The van der Waals surface area contributed by atoms with E-state index in [0.29, 0.717) is 18.1 Å². The summed E-state index contributed by atoms with van der Waals surface area (Å²) >= 11 is 0. The summed E-state index contributed by atoms with van der Waals surface area (Å²) in [4.78, 5) is 4.01. The fraction of sp³-hybridized carbons (Fsp3) is 0.235. The molecule has 0 aliphatic heterocycles. The number of nitrogens with zero attached hydrogens (tertiary/aromatic N) is 1. The minimum Gasteiger partial charge on any atom is -0.352 e. The first-order valence-electron chi connectivity index (χ1n) is 7.23. The minimum absolute atomic E-state index is 0. The zero-order valence-corrected chi connectivity index (χ0v) is 15.7. The molecule has 8 heteroatoms. The molecule has 25 heavy (non-hydrogen) atoms. The van der Waals surface area contributed by atoms with E-state index in [0.717, 1.165) is 17.7 Å². The summed E-state index contributed by atoms with van der Waals surface area (Å²) in [5, 5.41) is 5.96. The molecule has 0 aliphatic rings. The highest BCUT2D eigenvalue weighted by atomic mass is 127. The SMILES string of the molecule is CN=C(NCc1ccc(F)cc1)NCc1cccc(C(F)(F)F)c1.I. The lowest BCUT2D eigenvalue weighted by atomic mass is 10.1. The van der Waals surface area contributed by atoms with Crippen LogP contribution in [0.15, 0.2) is 53.5 Å². The Hall–Kier alpha value is -1.84. The molecule has 2 rings (SSSR count). The molecule has 0 radical (unpaired) electrons. The third kappa shape index (κ3) is 6.89. The predicted molar refractivity (Wildman–Crippen MR) is 100 cm³/mol. The van der Waals surface area contributed by atoms with E-state index < -0.39 is 11.7 Å². The summed E-state index contributed by atoms with van der Waals surface area (Å²) in [6.07, 6.45) is -4.36. The molecule has 0 amide bonds. The number of hydrogen-bond donors (Lipinski definition) is 2. The Morgan fingerprint density at radius 3 is 2.12 bits per heavy atom. The maximum Gasteiger partial charge on any atom is 0.416 e. The second-order valence-corrected chi connectivity index (χ2v) is 5.10. The van der Waals surface area contributed by atoms with Crippen LogP contribution in [0.25, 0.3) is 0 Å². The smallest absolute Gasteiger partial charge is 0.352 e. The van der Waals surface area contributed by atoms with Crippen molar-refractivity contribution in [3.05, 3.63) is 71.0 Å². The van der Waals surface area contributed by atoms with Crippen LogP contribution in [0.3, 0.4) is 0 Å². The van der Waals surface area contributed by atoms with Crippen LogP contribution in [0.4, 0.5) is 17.6 Å². The van der Waals surface area contributed by atoms with Crippen molar-refractivity contribution in [1.29, 1.82) is 0 Å². The summed E-state index contributed by atoms with van der Waals surface area (Å²) in [7, 11) is 1.56. The molecule has 0 heterocycles. The molecular weight excluding hydrogens is 449 g/mol. The highest BCUT2D eigenvalue weighted by Crippen LogP contribution is 2.29. The number of halogens is 5. The van der Waals surface area contributed by atoms with Crippen LogP contribution < -0.4 is 10.6 Å². The molecule has 136 valence electrons. The van der Waals surface area contributed by atoms with E-state index in [4.69, 9.17) is 0 Å². The van der Waals surface area contributed by atoms with Crippen molar-refractivity contribution in [3.63, 3.8) is 0 Å². The van der Waals surface area contributed by atoms with Gasteiger partial charge in [-0.15, -0.1) is 24.0 Å². The van der Waals surface area contributed by atoms with E-state index in [1.807, 2.05) is 0 Å². The summed E-state index contributed by atoms with van der Waals surface area (Å²) < 4.78 is 50.9. The third-order valence-corrected chi connectivity index (χ3v) is 3.31. The quantitative estimate of drug-likeness (QED) is 0.304. The van der Waals surface area contributed by atoms with Gasteiger partial charge in [-0.25, -0.2) is 4.39 Å². The van der Waals surface area contributed by atoms with Crippen LogP contribution >= 0.6 is 24.0 Å². The number of guanidine groups is 1. The number of aliphatic imine (C=N–C) groups is 1. The Bertz CT molecular complexity index is 700. The first-order chi connectivity index (χ1) is 11.4. The molecular formula is C17H18F4IN3. The van der Waals surface area contributed by atoms with Gasteiger partial charge < -0.3 is 10.6 Å². The molecule has 0 unspecified atom stereocenters. The summed E-state index contributed by atoms with van der Waals surface area (Å²) in [5.74, 6) is 0.127. The number of nitrogens with one attached hydrogen (secondary N) is 2. The molecule has 0 fully saturated rings.